The van der Waals surface area contributed by atoms with Gasteiger partial charge in [-0.1, -0.05) is 30.3 Å². The predicted molar refractivity (Wildman–Crippen MR) is 84.0 cm³/mol. The highest BCUT2D eigenvalue weighted by Gasteiger charge is 2.19. The molecule has 0 spiro atoms. The third-order valence-corrected chi connectivity index (χ3v) is 3.72. The van der Waals surface area contributed by atoms with Crippen molar-refractivity contribution >= 4 is 11.9 Å². The van der Waals surface area contributed by atoms with Crippen LogP contribution in [-0.4, -0.2) is 27.6 Å². The minimum atomic E-state index is -1.05. The number of aryl methyl sites for hydroxylation is 1. The van der Waals surface area contributed by atoms with Crippen LogP contribution in [0.5, 0.6) is 0 Å². The summed E-state index contributed by atoms with van der Waals surface area (Å²) in [4.78, 5) is 23.1. The van der Waals surface area contributed by atoms with Gasteiger partial charge in [0.05, 0.1) is 5.56 Å². The van der Waals surface area contributed by atoms with Crippen LogP contribution < -0.4 is 5.32 Å². The Balaban J connectivity index is 2.23. The van der Waals surface area contributed by atoms with Crippen molar-refractivity contribution in [3.8, 4) is 0 Å². The van der Waals surface area contributed by atoms with Crippen molar-refractivity contribution in [1.29, 1.82) is 0 Å². The van der Waals surface area contributed by atoms with Crippen molar-refractivity contribution in [1.82, 2.24) is 9.88 Å². The lowest BCUT2D eigenvalue weighted by atomic mass is 10.2. The molecule has 1 unspecified atom stereocenters. The van der Waals surface area contributed by atoms with E-state index < -0.39 is 12.0 Å². The van der Waals surface area contributed by atoms with Crippen LogP contribution in [0.2, 0.25) is 0 Å². The number of nitrogens with one attached hydrogen (secondary N) is 1. The zero-order valence-corrected chi connectivity index (χ0v) is 13.0. The van der Waals surface area contributed by atoms with Crippen molar-refractivity contribution in [2.75, 3.05) is 0 Å². The van der Waals surface area contributed by atoms with E-state index in [-0.39, 0.29) is 5.91 Å². The molecule has 0 bridgehead atoms. The maximum atomic E-state index is 12.2. The van der Waals surface area contributed by atoms with E-state index in [1.165, 1.54) is 6.92 Å². The zero-order chi connectivity index (χ0) is 16.3. The molecule has 2 rings (SSSR count). The van der Waals surface area contributed by atoms with E-state index in [1.807, 2.05) is 44.2 Å². The Bertz CT molecular complexity index is 689. The number of rotatable bonds is 5. The van der Waals surface area contributed by atoms with Crippen LogP contribution in [0.25, 0.3) is 0 Å². The molecule has 0 aliphatic rings. The molecule has 1 aromatic carbocycles. The van der Waals surface area contributed by atoms with E-state index in [1.54, 1.807) is 6.07 Å². The van der Waals surface area contributed by atoms with Gasteiger partial charge in [0.2, 0.25) is 0 Å². The molecular formula is C17H20N2O3. The van der Waals surface area contributed by atoms with E-state index in [2.05, 4.69) is 9.88 Å². The lowest BCUT2D eigenvalue weighted by Gasteiger charge is -2.11. The fourth-order valence-corrected chi connectivity index (χ4v) is 2.38. The standard InChI is InChI=1S/C17H20N2O3/c1-11-9-15(16(20)18-12(2)17(21)22)13(3)19(11)10-14-7-5-4-6-8-14/h4-9,12H,10H2,1-3H3,(H,18,20)(H,21,22). The molecule has 1 aromatic heterocycles. The van der Waals surface area contributed by atoms with Gasteiger partial charge in [-0.05, 0) is 32.4 Å². The first-order valence-corrected chi connectivity index (χ1v) is 7.14. The van der Waals surface area contributed by atoms with Gasteiger partial charge < -0.3 is 15.0 Å². The molecule has 0 radical (unpaired) electrons. The third kappa shape index (κ3) is 3.36. The molecule has 5 nitrogen and oxygen atoms in total. The van der Waals surface area contributed by atoms with E-state index >= 15 is 0 Å². The number of benzene rings is 1. The highest BCUT2D eigenvalue weighted by molar-refractivity contribution is 5.97. The van der Waals surface area contributed by atoms with Crippen LogP contribution in [0.1, 0.15) is 34.2 Å². The van der Waals surface area contributed by atoms with Crippen LogP contribution in [0, 0.1) is 13.8 Å². The first-order chi connectivity index (χ1) is 10.4. The molecule has 0 aliphatic heterocycles. The summed E-state index contributed by atoms with van der Waals surface area (Å²) >= 11 is 0. The van der Waals surface area contributed by atoms with Crippen LogP contribution in [0.4, 0.5) is 0 Å². The summed E-state index contributed by atoms with van der Waals surface area (Å²) in [5.74, 6) is -1.41. The number of nitrogens with zero attached hydrogens (tertiary/aromatic N) is 1. The fraction of sp³-hybridized carbons (Fsp3) is 0.294. The molecule has 22 heavy (non-hydrogen) atoms. The number of carboxylic acid groups (broad SMARTS) is 1. The Kier molecular flexibility index (Phi) is 4.65. The Hall–Kier alpha value is -2.56. The van der Waals surface area contributed by atoms with Gasteiger partial charge in [0.1, 0.15) is 6.04 Å². The van der Waals surface area contributed by atoms with Gasteiger partial charge in [0, 0.05) is 17.9 Å². The molecule has 0 aliphatic carbocycles. The van der Waals surface area contributed by atoms with Crippen LogP contribution in [0.3, 0.4) is 0 Å². The maximum absolute atomic E-state index is 12.2. The van der Waals surface area contributed by atoms with E-state index in [0.29, 0.717) is 12.1 Å². The molecule has 2 N–H and O–H groups in total. The minimum absolute atomic E-state index is 0.359. The van der Waals surface area contributed by atoms with Crippen molar-refractivity contribution in [2.45, 2.75) is 33.4 Å². The largest absolute Gasteiger partial charge is 0.480 e. The van der Waals surface area contributed by atoms with Gasteiger partial charge >= 0.3 is 5.97 Å². The Morgan fingerprint density at radius 3 is 2.45 bits per heavy atom. The molecule has 2 aromatic rings. The van der Waals surface area contributed by atoms with E-state index in [4.69, 9.17) is 5.11 Å². The summed E-state index contributed by atoms with van der Waals surface area (Å²) in [5.41, 5.74) is 3.46. The monoisotopic (exact) mass is 300 g/mol. The number of hydrogen-bond acceptors (Lipinski definition) is 2. The van der Waals surface area contributed by atoms with Crippen LogP contribution >= 0.6 is 0 Å². The molecule has 0 saturated heterocycles. The molecule has 116 valence electrons. The first-order valence-electron chi connectivity index (χ1n) is 7.14. The highest BCUT2D eigenvalue weighted by Crippen LogP contribution is 2.17. The second-order valence-corrected chi connectivity index (χ2v) is 5.39. The summed E-state index contributed by atoms with van der Waals surface area (Å²) in [6.45, 7) is 5.94. The zero-order valence-electron chi connectivity index (χ0n) is 13.0. The summed E-state index contributed by atoms with van der Waals surface area (Å²) in [5, 5.41) is 11.4. The van der Waals surface area contributed by atoms with E-state index in [9.17, 15) is 9.59 Å². The van der Waals surface area contributed by atoms with Gasteiger partial charge in [0.25, 0.3) is 5.91 Å². The Labute approximate surface area is 129 Å². The smallest absolute Gasteiger partial charge is 0.325 e. The second-order valence-electron chi connectivity index (χ2n) is 5.39. The summed E-state index contributed by atoms with van der Waals surface area (Å²) in [6.07, 6.45) is 0. The van der Waals surface area contributed by atoms with Crippen molar-refractivity contribution in [3.05, 3.63) is 58.9 Å². The number of carbonyl (C=O) groups excluding carboxylic acids is 1. The van der Waals surface area contributed by atoms with Gasteiger partial charge in [-0.2, -0.15) is 0 Å². The number of hydrogen-bond donors (Lipinski definition) is 2. The first kappa shape index (κ1) is 15.8. The molecule has 5 heteroatoms. The number of aromatic nitrogens is 1. The topological polar surface area (TPSA) is 71.3 Å². The van der Waals surface area contributed by atoms with Gasteiger partial charge in [-0.25, -0.2) is 0 Å². The summed E-state index contributed by atoms with van der Waals surface area (Å²) in [7, 11) is 0. The lowest BCUT2D eigenvalue weighted by Crippen LogP contribution is -2.38. The van der Waals surface area contributed by atoms with Crippen molar-refractivity contribution in [2.24, 2.45) is 0 Å². The third-order valence-electron chi connectivity index (χ3n) is 3.72. The van der Waals surface area contributed by atoms with Gasteiger partial charge in [-0.3, -0.25) is 9.59 Å². The molecule has 1 atom stereocenters. The Morgan fingerprint density at radius 2 is 1.86 bits per heavy atom. The predicted octanol–water partition coefficient (Wildman–Crippen LogP) is 2.36. The lowest BCUT2D eigenvalue weighted by molar-refractivity contribution is -0.138. The summed E-state index contributed by atoms with van der Waals surface area (Å²) < 4.78 is 2.05. The highest BCUT2D eigenvalue weighted by atomic mass is 16.4. The van der Waals surface area contributed by atoms with Gasteiger partial charge in [0.15, 0.2) is 0 Å². The second kappa shape index (κ2) is 6.47. The van der Waals surface area contributed by atoms with Crippen molar-refractivity contribution in [3.63, 3.8) is 0 Å². The van der Waals surface area contributed by atoms with Gasteiger partial charge in [-0.15, -0.1) is 0 Å². The van der Waals surface area contributed by atoms with Crippen molar-refractivity contribution < 1.29 is 14.7 Å². The quantitative estimate of drug-likeness (QED) is 0.890. The molecule has 1 heterocycles. The molecule has 0 saturated carbocycles. The van der Waals surface area contributed by atoms with Crippen LogP contribution in [-0.2, 0) is 11.3 Å². The summed E-state index contributed by atoms with van der Waals surface area (Å²) in [6, 6.07) is 10.9. The fourth-order valence-electron chi connectivity index (χ4n) is 2.38. The number of carboxylic acids is 1. The average molecular weight is 300 g/mol. The maximum Gasteiger partial charge on any atom is 0.325 e. The van der Waals surface area contributed by atoms with Crippen LogP contribution in [0.15, 0.2) is 36.4 Å². The number of aliphatic carboxylic acids is 1. The van der Waals surface area contributed by atoms with E-state index in [0.717, 1.165) is 17.0 Å². The normalized spacial score (nSPS) is 12.0. The SMILES string of the molecule is Cc1cc(C(=O)NC(C)C(=O)O)c(C)n1Cc1ccccc1. The number of carbonyl (C=O) groups is 2. The minimum Gasteiger partial charge on any atom is -0.480 e. The average Bonchev–Trinajstić information content (AvgIpc) is 2.76. The molecule has 0 fully saturated rings. The molecule has 1 amide bonds. The number of amides is 1. The molecular weight excluding hydrogens is 280 g/mol. The Morgan fingerprint density at radius 1 is 1.23 bits per heavy atom.